The molecular formula is C28H29N5O2S. The maximum absolute atomic E-state index is 12.9. The summed E-state index contributed by atoms with van der Waals surface area (Å²) in [5, 5.41) is 17.3. The fraction of sp³-hybridized carbons (Fsp3) is 0.286. The fourth-order valence-corrected chi connectivity index (χ4v) is 5.64. The molecule has 0 atom stereocenters. The Morgan fingerprint density at radius 1 is 1.08 bits per heavy atom. The van der Waals surface area contributed by atoms with Crippen LogP contribution in [0.25, 0.3) is 17.0 Å². The van der Waals surface area contributed by atoms with E-state index in [1.807, 2.05) is 54.7 Å². The monoisotopic (exact) mass is 499 g/mol. The van der Waals surface area contributed by atoms with Crippen molar-refractivity contribution in [2.45, 2.75) is 39.7 Å². The molecule has 1 N–H and O–H groups in total. The van der Waals surface area contributed by atoms with Crippen molar-refractivity contribution >= 4 is 50.7 Å². The molecule has 7 nitrogen and oxygen atoms in total. The standard InChI is InChI=1S/C28H29N5O2S/c1-3-19(4-2)27-31-33-25(29)23(26(34)30-28(33)36-27)17-20-18-32(24-14-9-8-13-22(20)24)15-10-16-35-21-11-6-5-7-12-21/h5-9,11-14,17-19,29H,3-4,10,15-16H2,1-2H3/b23-17+,29-25?. The molecule has 0 saturated heterocycles. The molecule has 0 aliphatic carbocycles. The van der Waals surface area contributed by atoms with Crippen LogP contribution in [0.15, 0.2) is 76.5 Å². The number of carbonyl (C=O) groups excluding carboxylic acids is 1. The van der Waals surface area contributed by atoms with Crippen LogP contribution < -0.4 is 4.74 Å². The summed E-state index contributed by atoms with van der Waals surface area (Å²) in [6, 6.07) is 17.9. The van der Waals surface area contributed by atoms with Crippen molar-refractivity contribution in [2.75, 3.05) is 6.61 Å². The number of amidine groups is 2. The number of aliphatic imine (C=N–C) groups is 1. The minimum absolute atomic E-state index is 0.0755. The Bertz CT molecular complexity index is 1390. The highest BCUT2D eigenvalue weighted by Gasteiger charge is 2.37. The zero-order chi connectivity index (χ0) is 25.1. The summed E-state index contributed by atoms with van der Waals surface area (Å²) in [6.07, 6.45) is 6.58. The number of hydrogen-bond donors (Lipinski definition) is 1. The highest BCUT2D eigenvalue weighted by Crippen LogP contribution is 2.33. The van der Waals surface area contributed by atoms with Gasteiger partial charge in [-0.3, -0.25) is 10.2 Å². The van der Waals surface area contributed by atoms with Gasteiger partial charge in [0, 0.05) is 35.1 Å². The molecule has 0 bridgehead atoms. The highest BCUT2D eigenvalue weighted by molar-refractivity contribution is 8.27. The van der Waals surface area contributed by atoms with Crippen molar-refractivity contribution in [1.29, 1.82) is 5.41 Å². The van der Waals surface area contributed by atoms with Crippen molar-refractivity contribution in [3.63, 3.8) is 0 Å². The second kappa shape index (κ2) is 10.5. The van der Waals surface area contributed by atoms with E-state index < -0.39 is 5.91 Å². The summed E-state index contributed by atoms with van der Waals surface area (Å²) in [5.74, 6) is 0.853. The molecule has 2 aliphatic rings. The minimum Gasteiger partial charge on any atom is -0.494 e. The normalized spacial score (nSPS) is 16.6. The van der Waals surface area contributed by atoms with Crippen LogP contribution in [0, 0.1) is 11.3 Å². The van der Waals surface area contributed by atoms with Crippen LogP contribution in [-0.4, -0.2) is 38.1 Å². The average Bonchev–Trinajstić information content (AvgIpc) is 3.47. The van der Waals surface area contributed by atoms with Gasteiger partial charge in [-0.25, -0.2) is 0 Å². The number of hydrazone groups is 1. The lowest BCUT2D eigenvalue weighted by Gasteiger charge is -2.20. The number of carbonyl (C=O) groups is 1. The number of nitrogens with one attached hydrogen (secondary N) is 1. The number of amides is 1. The van der Waals surface area contributed by atoms with Crippen molar-refractivity contribution in [1.82, 2.24) is 9.58 Å². The van der Waals surface area contributed by atoms with Gasteiger partial charge in [0.1, 0.15) is 10.8 Å². The van der Waals surface area contributed by atoms with E-state index in [1.54, 1.807) is 6.08 Å². The van der Waals surface area contributed by atoms with Crippen molar-refractivity contribution in [3.8, 4) is 5.75 Å². The number of rotatable bonds is 9. The smallest absolute Gasteiger partial charge is 0.283 e. The van der Waals surface area contributed by atoms with Crippen LogP contribution in [0.1, 0.15) is 38.7 Å². The molecule has 36 heavy (non-hydrogen) atoms. The predicted molar refractivity (Wildman–Crippen MR) is 148 cm³/mol. The molecular weight excluding hydrogens is 470 g/mol. The number of nitrogens with zero attached hydrogens (tertiary/aromatic N) is 4. The van der Waals surface area contributed by atoms with Gasteiger partial charge in [0.15, 0.2) is 5.84 Å². The van der Waals surface area contributed by atoms with E-state index in [-0.39, 0.29) is 11.4 Å². The summed E-state index contributed by atoms with van der Waals surface area (Å²) in [6.45, 7) is 5.64. The number of ether oxygens (including phenoxy) is 1. The van der Waals surface area contributed by atoms with Crippen LogP contribution in [0.5, 0.6) is 5.75 Å². The van der Waals surface area contributed by atoms with Gasteiger partial charge in [-0.2, -0.15) is 15.1 Å². The Hall–Kier alpha value is -3.65. The van der Waals surface area contributed by atoms with Gasteiger partial charge in [-0.15, -0.1) is 0 Å². The molecule has 3 aromatic rings. The number of fused-ring (bicyclic) bond motifs is 2. The molecule has 0 unspecified atom stereocenters. The van der Waals surface area contributed by atoms with Gasteiger partial charge in [0.05, 0.1) is 12.2 Å². The molecule has 1 amide bonds. The van der Waals surface area contributed by atoms with E-state index in [1.165, 1.54) is 16.8 Å². The van der Waals surface area contributed by atoms with E-state index in [0.717, 1.165) is 53.1 Å². The first-order valence-corrected chi connectivity index (χ1v) is 13.2. The molecule has 0 radical (unpaired) electrons. The SMILES string of the molecule is CCC(CC)C1=NN2C(=N)/C(=C\c3cn(CCCOc4ccccc4)c4ccccc34)C(=O)N=C2S1. The zero-order valence-corrected chi connectivity index (χ0v) is 21.3. The van der Waals surface area contributed by atoms with Crippen LogP contribution in [0.3, 0.4) is 0 Å². The second-order valence-corrected chi connectivity index (χ2v) is 9.77. The van der Waals surface area contributed by atoms with E-state index in [2.05, 4.69) is 34.6 Å². The van der Waals surface area contributed by atoms with E-state index in [9.17, 15) is 4.79 Å². The third kappa shape index (κ3) is 4.73. The molecule has 5 rings (SSSR count). The van der Waals surface area contributed by atoms with Gasteiger partial charge in [-0.1, -0.05) is 50.2 Å². The first kappa shape index (κ1) is 24.1. The molecule has 1 aromatic heterocycles. The minimum atomic E-state index is -0.396. The van der Waals surface area contributed by atoms with Crippen LogP contribution in [0.4, 0.5) is 0 Å². The molecule has 0 spiro atoms. The molecule has 8 heteroatoms. The Labute approximate surface area is 215 Å². The Morgan fingerprint density at radius 3 is 2.61 bits per heavy atom. The molecule has 2 aliphatic heterocycles. The number of thioether (sulfide) groups is 1. The maximum atomic E-state index is 12.9. The highest BCUT2D eigenvalue weighted by atomic mass is 32.2. The van der Waals surface area contributed by atoms with Crippen molar-refractivity contribution in [3.05, 3.63) is 71.9 Å². The molecule has 0 fully saturated rings. The average molecular weight is 500 g/mol. The number of para-hydroxylation sites is 2. The zero-order valence-electron chi connectivity index (χ0n) is 20.5. The van der Waals surface area contributed by atoms with Gasteiger partial charge >= 0.3 is 0 Å². The maximum Gasteiger partial charge on any atom is 0.283 e. The summed E-state index contributed by atoms with van der Waals surface area (Å²) < 4.78 is 8.02. The predicted octanol–water partition coefficient (Wildman–Crippen LogP) is 6.17. The van der Waals surface area contributed by atoms with E-state index >= 15 is 0 Å². The largest absolute Gasteiger partial charge is 0.494 e. The quantitative estimate of drug-likeness (QED) is 0.282. The topological polar surface area (TPSA) is 83.0 Å². The number of aryl methyl sites for hydroxylation is 1. The lowest BCUT2D eigenvalue weighted by Crippen LogP contribution is -2.35. The fourth-order valence-electron chi connectivity index (χ4n) is 4.48. The van der Waals surface area contributed by atoms with Crippen molar-refractivity contribution < 1.29 is 9.53 Å². The first-order chi connectivity index (χ1) is 17.6. The van der Waals surface area contributed by atoms with Crippen LogP contribution >= 0.6 is 11.8 Å². The second-order valence-electron chi connectivity index (χ2n) is 8.78. The molecule has 0 saturated carbocycles. The molecule has 3 heterocycles. The van der Waals surface area contributed by atoms with Gasteiger partial charge < -0.3 is 9.30 Å². The third-order valence-electron chi connectivity index (χ3n) is 6.48. The Balaban J connectivity index is 1.38. The van der Waals surface area contributed by atoms with E-state index in [4.69, 9.17) is 10.1 Å². The Morgan fingerprint density at radius 2 is 1.83 bits per heavy atom. The summed E-state index contributed by atoms with van der Waals surface area (Å²) >= 11 is 1.40. The van der Waals surface area contributed by atoms with Crippen LogP contribution in [0.2, 0.25) is 0 Å². The first-order valence-electron chi connectivity index (χ1n) is 12.3. The van der Waals surface area contributed by atoms with Gasteiger partial charge in [0.25, 0.3) is 5.91 Å². The number of benzene rings is 2. The summed E-state index contributed by atoms with van der Waals surface area (Å²) in [4.78, 5) is 17.2. The number of hydrogen-bond acceptors (Lipinski definition) is 5. The number of aromatic nitrogens is 1. The Kier molecular flexibility index (Phi) is 7.04. The summed E-state index contributed by atoms with van der Waals surface area (Å²) in [5.41, 5.74) is 2.22. The lowest BCUT2D eigenvalue weighted by molar-refractivity contribution is -0.114. The molecule has 184 valence electrons. The molecule has 2 aromatic carbocycles. The third-order valence-corrected chi connectivity index (χ3v) is 7.55. The van der Waals surface area contributed by atoms with Crippen molar-refractivity contribution in [2.24, 2.45) is 16.0 Å². The lowest BCUT2D eigenvalue weighted by atomic mass is 10.1. The van der Waals surface area contributed by atoms with Gasteiger partial charge in [0.2, 0.25) is 5.17 Å². The van der Waals surface area contributed by atoms with Gasteiger partial charge in [-0.05, 0) is 55.3 Å². The van der Waals surface area contributed by atoms with E-state index in [0.29, 0.717) is 17.7 Å². The summed E-state index contributed by atoms with van der Waals surface area (Å²) in [7, 11) is 0. The van der Waals surface area contributed by atoms with Crippen LogP contribution in [-0.2, 0) is 11.3 Å².